The fraction of sp³-hybridized carbons (Fsp3) is 0.133. The molecule has 0 radical (unpaired) electrons. The SMILES string of the molecule is COc1cc(C(=O)Nc2cccc([N+](=O)[O-])c2)cc(Cl)c1OC. The maximum absolute atomic E-state index is 12.3. The standard InChI is InChI=1S/C15H13ClN2O5/c1-22-13-7-9(6-12(16)14(13)23-2)15(19)17-10-4-3-5-11(8-10)18(20)21/h3-8H,1-2H3,(H,17,19). The van der Waals surface area contributed by atoms with Gasteiger partial charge >= 0.3 is 0 Å². The Balaban J connectivity index is 2.29. The first-order valence-electron chi connectivity index (χ1n) is 6.43. The second kappa shape index (κ2) is 6.97. The number of nitrogens with one attached hydrogen (secondary N) is 1. The van der Waals surface area contributed by atoms with Crippen molar-refractivity contribution in [3.8, 4) is 11.5 Å². The first kappa shape index (κ1) is 16.6. The van der Waals surface area contributed by atoms with E-state index in [9.17, 15) is 14.9 Å². The summed E-state index contributed by atoms with van der Waals surface area (Å²) >= 11 is 6.05. The van der Waals surface area contributed by atoms with Crippen molar-refractivity contribution in [1.29, 1.82) is 0 Å². The van der Waals surface area contributed by atoms with Crippen LogP contribution < -0.4 is 14.8 Å². The van der Waals surface area contributed by atoms with Crippen molar-refractivity contribution in [3.05, 3.63) is 57.1 Å². The minimum absolute atomic E-state index is 0.117. The quantitative estimate of drug-likeness (QED) is 0.666. The van der Waals surface area contributed by atoms with Crippen molar-refractivity contribution in [3.63, 3.8) is 0 Å². The highest BCUT2D eigenvalue weighted by atomic mass is 35.5. The van der Waals surface area contributed by atoms with Gasteiger partial charge in [-0.15, -0.1) is 0 Å². The number of carbonyl (C=O) groups excluding carboxylic acids is 1. The summed E-state index contributed by atoms with van der Waals surface area (Å²) in [6.07, 6.45) is 0. The number of amides is 1. The first-order valence-corrected chi connectivity index (χ1v) is 6.81. The molecule has 0 aliphatic carbocycles. The number of anilines is 1. The molecule has 23 heavy (non-hydrogen) atoms. The number of hydrogen-bond acceptors (Lipinski definition) is 5. The molecule has 2 aromatic carbocycles. The number of carbonyl (C=O) groups is 1. The van der Waals surface area contributed by atoms with E-state index in [-0.39, 0.29) is 16.3 Å². The zero-order valence-electron chi connectivity index (χ0n) is 12.3. The van der Waals surface area contributed by atoms with E-state index in [2.05, 4.69) is 5.32 Å². The number of ether oxygens (including phenoxy) is 2. The normalized spacial score (nSPS) is 10.0. The minimum Gasteiger partial charge on any atom is -0.493 e. The van der Waals surface area contributed by atoms with Crippen molar-refractivity contribution in [2.24, 2.45) is 0 Å². The number of nitro benzene ring substituents is 1. The fourth-order valence-corrected chi connectivity index (χ4v) is 2.24. The second-order valence-corrected chi connectivity index (χ2v) is 4.86. The maximum atomic E-state index is 12.3. The lowest BCUT2D eigenvalue weighted by atomic mass is 10.1. The Hall–Kier alpha value is -2.80. The Labute approximate surface area is 136 Å². The van der Waals surface area contributed by atoms with Gasteiger partial charge in [0.05, 0.1) is 24.2 Å². The van der Waals surface area contributed by atoms with Crippen LogP contribution in [0.3, 0.4) is 0 Å². The number of benzene rings is 2. The fourth-order valence-electron chi connectivity index (χ4n) is 1.95. The van der Waals surface area contributed by atoms with E-state index < -0.39 is 10.8 Å². The zero-order valence-corrected chi connectivity index (χ0v) is 13.1. The molecule has 7 nitrogen and oxygen atoms in total. The Morgan fingerprint density at radius 2 is 1.96 bits per heavy atom. The molecule has 2 aromatic rings. The number of hydrogen-bond donors (Lipinski definition) is 1. The van der Waals surface area contributed by atoms with Gasteiger partial charge in [-0.3, -0.25) is 14.9 Å². The van der Waals surface area contributed by atoms with Crippen LogP contribution in [0, 0.1) is 10.1 Å². The van der Waals surface area contributed by atoms with Crippen LogP contribution >= 0.6 is 11.6 Å². The molecule has 2 rings (SSSR count). The van der Waals surface area contributed by atoms with Crippen molar-refractivity contribution < 1.29 is 19.2 Å². The summed E-state index contributed by atoms with van der Waals surface area (Å²) in [4.78, 5) is 22.5. The van der Waals surface area contributed by atoms with Crippen LogP contribution in [0.25, 0.3) is 0 Å². The van der Waals surface area contributed by atoms with Gasteiger partial charge in [0, 0.05) is 23.4 Å². The van der Waals surface area contributed by atoms with E-state index in [0.29, 0.717) is 17.2 Å². The molecule has 0 aliphatic rings. The molecule has 1 amide bonds. The lowest BCUT2D eigenvalue weighted by Gasteiger charge is -2.12. The van der Waals surface area contributed by atoms with Gasteiger partial charge in [-0.2, -0.15) is 0 Å². The summed E-state index contributed by atoms with van der Waals surface area (Å²) in [5.74, 6) is 0.151. The molecule has 8 heteroatoms. The highest BCUT2D eigenvalue weighted by Crippen LogP contribution is 2.36. The van der Waals surface area contributed by atoms with Gasteiger partial charge in [-0.1, -0.05) is 17.7 Å². The van der Waals surface area contributed by atoms with Crippen LogP contribution in [0.1, 0.15) is 10.4 Å². The smallest absolute Gasteiger partial charge is 0.271 e. The Bertz CT molecular complexity index is 764. The van der Waals surface area contributed by atoms with Crippen molar-refractivity contribution >= 4 is 28.9 Å². The summed E-state index contributed by atoms with van der Waals surface area (Å²) in [6, 6.07) is 8.53. The summed E-state index contributed by atoms with van der Waals surface area (Å²) in [5.41, 5.74) is 0.419. The van der Waals surface area contributed by atoms with Crippen molar-refractivity contribution in [1.82, 2.24) is 0 Å². The van der Waals surface area contributed by atoms with Gasteiger partial charge in [0.25, 0.3) is 11.6 Å². The highest BCUT2D eigenvalue weighted by Gasteiger charge is 2.16. The number of methoxy groups -OCH3 is 2. The first-order chi connectivity index (χ1) is 11.0. The predicted molar refractivity (Wildman–Crippen MR) is 85.6 cm³/mol. The van der Waals surface area contributed by atoms with Gasteiger partial charge < -0.3 is 14.8 Å². The van der Waals surface area contributed by atoms with Gasteiger partial charge in [-0.25, -0.2) is 0 Å². The van der Waals surface area contributed by atoms with E-state index in [4.69, 9.17) is 21.1 Å². The molecule has 0 aromatic heterocycles. The van der Waals surface area contributed by atoms with Crippen LogP contribution in [-0.2, 0) is 0 Å². The van der Waals surface area contributed by atoms with Crippen LogP contribution in [0.5, 0.6) is 11.5 Å². The number of rotatable bonds is 5. The Kier molecular flexibility index (Phi) is 5.02. The molecule has 0 spiro atoms. The van der Waals surface area contributed by atoms with Crippen LogP contribution in [0.4, 0.5) is 11.4 Å². The lowest BCUT2D eigenvalue weighted by Crippen LogP contribution is -2.12. The summed E-state index contributed by atoms with van der Waals surface area (Å²) in [5, 5.41) is 13.5. The average Bonchev–Trinajstić information content (AvgIpc) is 2.54. The molecule has 0 heterocycles. The van der Waals surface area contributed by atoms with E-state index in [1.165, 1.54) is 44.6 Å². The molecule has 0 unspecified atom stereocenters. The average molecular weight is 337 g/mol. The predicted octanol–water partition coefficient (Wildman–Crippen LogP) is 3.52. The van der Waals surface area contributed by atoms with E-state index in [1.807, 2.05) is 0 Å². The number of halogens is 1. The van der Waals surface area contributed by atoms with Crippen LogP contribution in [-0.4, -0.2) is 25.1 Å². The molecule has 0 bridgehead atoms. The zero-order chi connectivity index (χ0) is 17.0. The van der Waals surface area contributed by atoms with Gasteiger partial charge in [0.2, 0.25) is 0 Å². The van der Waals surface area contributed by atoms with Crippen molar-refractivity contribution in [2.45, 2.75) is 0 Å². The molecule has 0 saturated heterocycles. The number of nitrogens with zero attached hydrogens (tertiary/aromatic N) is 1. The van der Waals surface area contributed by atoms with E-state index in [1.54, 1.807) is 6.07 Å². The molecule has 0 aliphatic heterocycles. The van der Waals surface area contributed by atoms with Gasteiger partial charge in [0.15, 0.2) is 11.5 Å². The largest absolute Gasteiger partial charge is 0.493 e. The van der Waals surface area contributed by atoms with E-state index in [0.717, 1.165) is 0 Å². The van der Waals surface area contributed by atoms with Crippen LogP contribution in [0.15, 0.2) is 36.4 Å². The van der Waals surface area contributed by atoms with Gasteiger partial charge in [0.1, 0.15) is 0 Å². The summed E-state index contributed by atoms with van der Waals surface area (Å²) in [7, 11) is 2.86. The van der Waals surface area contributed by atoms with Crippen LogP contribution in [0.2, 0.25) is 5.02 Å². The molecule has 1 N–H and O–H groups in total. The third kappa shape index (κ3) is 3.70. The maximum Gasteiger partial charge on any atom is 0.271 e. The molecule has 120 valence electrons. The van der Waals surface area contributed by atoms with Gasteiger partial charge in [-0.05, 0) is 18.2 Å². The lowest BCUT2D eigenvalue weighted by molar-refractivity contribution is -0.384. The Morgan fingerprint density at radius 3 is 2.57 bits per heavy atom. The van der Waals surface area contributed by atoms with E-state index >= 15 is 0 Å². The molecular formula is C15H13ClN2O5. The molecule has 0 saturated carbocycles. The Morgan fingerprint density at radius 1 is 1.22 bits per heavy atom. The third-order valence-electron chi connectivity index (χ3n) is 3.01. The monoisotopic (exact) mass is 336 g/mol. The summed E-state index contributed by atoms with van der Waals surface area (Å²) < 4.78 is 10.2. The minimum atomic E-state index is -0.539. The molecular weight excluding hydrogens is 324 g/mol. The number of non-ortho nitro benzene ring substituents is 1. The molecule has 0 fully saturated rings. The second-order valence-electron chi connectivity index (χ2n) is 4.46. The molecule has 0 atom stereocenters. The topological polar surface area (TPSA) is 90.7 Å². The number of nitro groups is 1. The third-order valence-corrected chi connectivity index (χ3v) is 3.29. The summed E-state index contributed by atoms with van der Waals surface area (Å²) in [6.45, 7) is 0. The van der Waals surface area contributed by atoms with Crippen molar-refractivity contribution in [2.75, 3.05) is 19.5 Å². The highest BCUT2D eigenvalue weighted by molar-refractivity contribution is 6.32.